The van der Waals surface area contributed by atoms with E-state index in [1.54, 1.807) is 0 Å². The molecule has 23 heavy (non-hydrogen) atoms. The highest BCUT2D eigenvalue weighted by Crippen LogP contribution is 2.48. The Kier molecular flexibility index (Phi) is 4.24. The number of carbonyl (C=O) groups is 2. The summed E-state index contributed by atoms with van der Waals surface area (Å²) >= 11 is 0. The number of nitrogens with one attached hydrogen (secondary N) is 1. The van der Waals surface area contributed by atoms with Gasteiger partial charge in [-0.15, -0.1) is 0 Å². The molecule has 2 aliphatic carbocycles. The smallest absolute Gasteiger partial charge is 0.307 e. The van der Waals surface area contributed by atoms with Gasteiger partial charge in [0.2, 0.25) is 5.91 Å². The lowest BCUT2D eigenvalue weighted by Crippen LogP contribution is -2.36. The molecule has 0 radical (unpaired) electrons. The van der Waals surface area contributed by atoms with Crippen LogP contribution in [0.2, 0.25) is 0 Å². The molecule has 1 fully saturated rings. The van der Waals surface area contributed by atoms with Crippen LogP contribution >= 0.6 is 0 Å². The molecule has 1 saturated carbocycles. The van der Waals surface area contributed by atoms with E-state index in [-0.39, 0.29) is 17.7 Å². The number of hydrogen-bond acceptors (Lipinski definition) is 2. The molecule has 1 amide bonds. The summed E-state index contributed by atoms with van der Waals surface area (Å²) in [4.78, 5) is 24.1. The van der Waals surface area contributed by atoms with Crippen molar-refractivity contribution in [3.63, 3.8) is 0 Å². The summed E-state index contributed by atoms with van der Waals surface area (Å²) in [5, 5.41) is 12.3. The normalized spacial score (nSPS) is 29.5. The van der Waals surface area contributed by atoms with Crippen LogP contribution in [0, 0.1) is 23.7 Å². The molecule has 4 nitrogen and oxygen atoms in total. The van der Waals surface area contributed by atoms with Crippen LogP contribution in [0.1, 0.15) is 38.2 Å². The molecule has 0 aromatic heterocycles. The molecule has 2 aliphatic rings. The molecule has 5 atom stereocenters. The Labute approximate surface area is 136 Å². The molecule has 2 N–H and O–H groups in total. The van der Waals surface area contributed by atoms with Crippen LogP contribution in [0.3, 0.4) is 0 Å². The Morgan fingerprint density at radius 3 is 2.35 bits per heavy atom. The summed E-state index contributed by atoms with van der Waals surface area (Å²) in [5.74, 6) is -1.55. The number of rotatable bonds is 5. The number of benzene rings is 1. The van der Waals surface area contributed by atoms with Gasteiger partial charge in [-0.25, -0.2) is 0 Å². The largest absolute Gasteiger partial charge is 0.481 e. The number of fused-ring (bicyclic) bond motifs is 2. The van der Waals surface area contributed by atoms with Gasteiger partial charge in [0.1, 0.15) is 0 Å². The van der Waals surface area contributed by atoms with Crippen molar-refractivity contribution >= 4 is 17.6 Å². The molecule has 4 heteroatoms. The molecule has 122 valence electrons. The van der Waals surface area contributed by atoms with Crippen molar-refractivity contribution in [2.45, 2.75) is 32.6 Å². The van der Waals surface area contributed by atoms with Gasteiger partial charge < -0.3 is 10.4 Å². The van der Waals surface area contributed by atoms with E-state index in [9.17, 15) is 14.7 Å². The second-order valence-electron chi connectivity index (χ2n) is 6.76. The molecule has 3 rings (SSSR count). The van der Waals surface area contributed by atoms with Gasteiger partial charge in [0.05, 0.1) is 11.8 Å². The number of amides is 1. The van der Waals surface area contributed by atoms with Crippen molar-refractivity contribution in [1.82, 2.24) is 0 Å². The second kappa shape index (κ2) is 6.19. The van der Waals surface area contributed by atoms with Crippen LogP contribution in [-0.2, 0) is 9.59 Å². The maximum atomic E-state index is 12.6. The third kappa shape index (κ3) is 2.90. The predicted molar refractivity (Wildman–Crippen MR) is 89.1 cm³/mol. The van der Waals surface area contributed by atoms with Crippen LogP contribution in [0.15, 0.2) is 36.4 Å². The highest BCUT2D eigenvalue weighted by molar-refractivity contribution is 5.96. The second-order valence-corrected chi connectivity index (χ2v) is 6.76. The van der Waals surface area contributed by atoms with E-state index in [1.807, 2.05) is 36.4 Å². The standard InChI is InChI=1S/C19H23NO3/c1-3-11(2)12-6-8-15(9-7-12)20-18(21)16-13-4-5-14(10-13)17(16)19(22)23/h4-9,11,13-14,16-17H,3,10H2,1-2H3,(H,20,21)(H,22,23)/t11-,13-,14-,16+,17-/m0/s1. The lowest BCUT2D eigenvalue weighted by molar-refractivity contribution is -0.146. The van der Waals surface area contributed by atoms with E-state index in [2.05, 4.69) is 19.2 Å². The Hall–Kier alpha value is -2.10. The number of aliphatic carboxylic acids is 1. The van der Waals surface area contributed by atoms with Gasteiger partial charge in [-0.2, -0.15) is 0 Å². The first kappa shape index (κ1) is 15.8. The molecule has 1 aromatic carbocycles. The lowest BCUT2D eigenvalue weighted by Gasteiger charge is -2.24. The zero-order valence-electron chi connectivity index (χ0n) is 13.5. The van der Waals surface area contributed by atoms with Crippen molar-refractivity contribution < 1.29 is 14.7 Å². The van der Waals surface area contributed by atoms with Gasteiger partial charge in [0.25, 0.3) is 0 Å². The molecule has 0 heterocycles. The van der Waals surface area contributed by atoms with Gasteiger partial charge in [-0.3, -0.25) is 9.59 Å². The fourth-order valence-corrected chi connectivity index (χ4v) is 3.87. The van der Waals surface area contributed by atoms with E-state index >= 15 is 0 Å². The Morgan fingerprint density at radius 2 is 1.78 bits per heavy atom. The molecular weight excluding hydrogens is 290 g/mol. The minimum atomic E-state index is -0.867. The molecule has 0 spiro atoms. The zero-order valence-corrected chi connectivity index (χ0v) is 13.5. The minimum absolute atomic E-state index is 0.000954. The first-order valence-corrected chi connectivity index (χ1v) is 8.33. The fraction of sp³-hybridized carbons (Fsp3) is 0.474. The molecule has 1 aromatic rings. The number of carbonyl (C=O) groups excluding carboxylic acids is 1. The van der Waals surface area contributed by atoms with E-state index in [1.165, 1.54) is 5.56 Å². The summed E-state index contributed by atoms with van der Waals surface area (Å²) in [6, 6.07) is 7.86. The zero-order chi connectivity index (χ0) is 16.6. The number of carboxylic acids is 1. The minimum Gasteiger partial charge on any atom is -0.481 e. The average Bonchev–Trinajstić information content (AvgIpc) is 3.15. The predicted octanol–water partition coefficient (Wildman–Crippen LogP) is 3.66. The summed E-state index contributed by atoms with van der Waals surface area (Å²) in [7, 11) is 0. The third-order valence-corrected chi connectivity index (χ3v) is 5.41. The monoisotopic (exact) mass is 313 g/mol. The van der Waals surface area contributed by atoms with Crippen LogP contribution in [0.5, 0.6) is 0 Å². The van der Waals surface area contributed by atoms with Crippen LogP contribution in [-0.4, -0.2) is 17.0 Å². The quantitative estimate of drug-likeness (QED) is 0.815. The van der Waals surface area contributed by atoms with Crippen molar-refractivity contribution in [3.8, 4) is 0 Å². The number of carboxylic acid groups (broad SMARTS) is 1. The van der Waals surface area contributed by atoms with E-state index in [0.29, 0.717) is 5.92 Å². The van der Waals surface area contributed by atoms with E-state index in [4.69, 9.17) is 0 Å². The number of anilines is 1. The third-order valence-electron chi connectivity index (χ3n) is 5.41. The first-order chi connectivity index (χ1) is 11.0. The lowest BCUT2D eigenvalue weighted by atomic mass is 9.82. The van der Waals surface area contributed by atoms with Crippen LogP contribution < -0.4 is 5.32 Å². The van der Waals surface area contributed by atoms with Gasteiger partial charge in [0, 0.05) is 5.69 Å². The Balaban J connectivity index is 1.72. The molecular formula is C19H23NO3. The fourth-order valence-electron chi connectivity index (χ4n) is 3.87. The Morgan fingerprint density at radius 1 is 1.17 bits per heavy atom. The topological polar surface area (TPSA) is 66.4 Å². The van der Waals surface area contributed by atoms with Gasteiger partial charge in [-0.1, -0.05) is 38.1 Å². The highest BCUT2D eigenvalue weighted by atomic mass is 16.4. The summed E-state index contributed by atoms with van der Waals surface area (Å²) < 4.78 is 0. The van der Waals surface area contributed by atoms with Crippen LogP contribution in [0.4, 0.5) is 5.69 Å². The molecule has 2 bridgehead atoms. The van der Waals surface area contributed by atoms with Crippen LogP contribution in [0.25, 0.3) is 0 Å². The van der Waals surface area contributed by atoms with E-state index < -0.39 is 17.8 Å². The first-order valence-electron chi connectivity index (χ1n) is 8.33. The number of hydrogen-bond donors (Lipinski definition) is 2. The van der Waals surface area contributed by atoms with Crippen molar-refractivity contribution in [1.29, 1.82) is 0 Å². The van der Waals surface area contributed by atoms with Crippen molar-refractivity contribution in [2.75, 3.05) is 5.32 Å². The number of allylic oxidation sites excluding steroid dienone is 2. The van der Waals surface area contributed by atoms with Gasteiger partial charge >= 0.3 is 5.97 Å². The highest BCUT2D eigenvalue weighted by Gasteiger charge is 2.51. The van der Waals surface area contributed by atoms with Crippen molar-refractivity contribution in [3.05, 3.63) is 42.0 Å². The van der Waals surface area contributed by atoms with Gasteiger partial charge in [0.15, 0.2) is 0 Å². The maximum absolute atomic E-state index is 12.6. The summed E-state index contributed by atoms with van der Waals surface area (Å²) in [5.41, 5.74) is 1.98. The molecule has 0 unspecified atom stereocenters. The molecule has 0 aliphatic heterocycles. The SMILES string of the molecule is CC[C@H](C)c1ccc(NC(=O)[C@H]2[C@@H](C(=O)O)[C@H]3C=C[C@H]2C3)cc1. The van der Waals surface area contributed by atoms with Gasteiger partial charge in [-0.05, 0) is 48.3 Å². The maximum Gasteiger partial charge on any atom is 0.307 e. The Bertz CT molecular complexity index is 635. The average molecular weight is 313 g/mol. The summed E-state index contributed by atoms with van der Waals surface area (Å²) in [6.45, 7) is 4.32. The van der Waals surface area contributed by atoms with Crippen molar-refractivity contribution in [2.24, 2.45) is 23.7 Å². The van der Waals surface area contributed by atoms with E-state index in [0.717, 1.165) is 18.5 Å². The summed E-state index contributed by atoms with van der Waals surface area (Å²) in [6.07, 6.45) is 5.81. The molecule has 0 saturated heterocycles.